The van der Waals surface area contributed by atoms with E-state index in [1.165, 1.54) is 0 Å². The summed E-state index contributed by atoms with van der Waals surface area (Å²) in [6, 6.07) is 15.8. The molecule has 1 saturated heterocycles. The summed E-state index contributed by atoms with van der Waals surface area (Å²) in [5, 5.41) is 12.4. The topological polar surface area (TPSA) is 85.8 Å². The molecule has 1 atom stereocenters. The Morgan fingerprint density at radius 2 is 2.00 bits per heavy atom. The van der Waals surface area contributed by atoms with Gasteiger partial charge < -0.3 is 14.2 Å². The van der Waals surface area contributed by atoms with Gasteiger partial charge in [-0.2, -0.15) is 0 Å². The molecular weight excluding hydrogens is 370 g/mol. The van der Waals surface area contributed by atoms with Crippen LogP contribution in [0.3, 0.4) is 0 Å². The van der Waals surface area contributed by atoms with Crippen molar-refractivity contribution in [2.24, 2.45) is 0 Å². The third kappa shape index (κ3) is 3.27. The van der Waals surface area contributed by atoms with Crippen LogP contribution in [-0.4, -0.2) is 50.5 Å². The summed E-state index contributed by atoms with van der Waals surface area (Å²) in [6.45, 7) is 3.07. The van der Waals surface area contributed by atoms with Gasteiger partial charge in [-0.1, -0.05) is 46.8 Å². The van der Waals surface area contributed by atoms with Crippen LogP contribution < -0.4 is 0 Å². The van der Waals surface area contributed by atoms with Gasteiger partial charge in [0, 0.05) is 24.4 Å². The van der Waals surface area contributed by atoms with E-state index in [2.05, 4.69) is 27.6 Å². The van der Waals surface area contributed by atoms with Crippen molar-refractivity contribution in [3.8, 4) is 11.1 Å². The number of pyridine rings is 1. The Labute approximate surface area is 166 Å². The highest BCUT2D eigenvalue weighted by Crippen LogP contribution is 2.27. The summed E-state index contributed by atoms with van der Waals surface area (Å²) in [5.41, 5.74) is 4.06. The number of hydrogen-bond donors (Lipinski definition) is 0. The summed E-state index contributed by atoms with van der Waals surface area (Å²) in [4.78, 5) is 14.4. The lowest BCUT2D eigenvalue weighted by Crippen LogP contribution is -2.42. The van der Waals surface area contributed by atoms with Crippen molar-refractivity contribution in [3.05, 3.63) is 71.9 Å². The molecule has 0 N–H and O–H groups in total. The van der Waals surface area contributed by atoms with E-state index in [0.717, 1.165) is 22.3 Å². The van der Waals surface area contributed by atoms with E-state index < -0.39 is 0 Å². The molecule has 3 aromatic heterocycles. The molecular formula is C21H19N5O3. The van der Waals surface area contributed by atoms with Gasteiger partial charge in [0.25, 0.3) is 5.91 Å². The Morgan fingerprint density at radius 1 is 1.14 bits per heavy atom. The van der Waals surface area contributed by atoms with E-state index in [1.807, 2.05) is 36.5 Å². The average molecular weight is 389 g/mol. The first-order valence-corrected chi connectivity index (χ1v) is 9.43. The van der Waals surface area contributed by atoms with Crippen LogP contribution in [0.25, 0.3) is 16.6 Å². The first-order chi connectivity index (χ1) is 14.2. The van der Waals surface area contributed by atoms with E-state index >= 15 is 0 Å². The molecule has 1 aliphatic rings. The number of morpholine rings is 1. The molecule has 0 bridgehead atoms. The summed E-state index contributed by atoms with van der Waals surface area (Å²) < 4.78 is 12.7. The van der Waals surface area contributed by atoms with Crippen LogP contribution in [0.15, 0.2) is 59.3 Å². The van der Waals surface area contributed by atoms with Gasteiger partial charge in [0.15, 0.2) is 5.69 Å². The van der Waals surface area contributed by atoms with Gasteiger partial charge in [0.1, 0.15) is 17.6 Å². The lowest BCUT2D eigenvalue weighted by molar-refractivity contribution is -0.0244. The second kappa shape index (κ2) is 7.14. The highest BCUT2D eigenvalue weighted by Gasteiger charge is 2.30. The maximum absolute atomic E-state index is 12.7. The number of carbonyl (C=O) groups excluding carboxylic acids is 1. The SMILES string of the molecule is Cc1cc(C(=O)N2CCO[C@@H](c3nnn4cc(-c5ccccc5)ccc34)C2)no1. The van der Waals surface area contributed by atoms with Gasteiger partial charge in [0.2, 0.25) is 0 Å². The molecule has 1 aromatic carbocycles. The molecule has 8 heteroatoms. The van der Waals surface area contributed by atoms with Crippen LogP contribution in [0.5, 0.6) is 0 Å². The highest BCUT2D eigenvalue weighted by molar-refractivity contribution is 5.92. The van der Waals surface area contributed by atoms with E-state index in [9.17, 15) is 4.79 Å². The monoisotopic (exact) mass is 389 g/mol. The number of carbonyl (C=O) groups is 1. The lowest BCUT2D eigenvalue weighted by atomic mass is 10.1. The van der Waals surface area contributed by atoms with Gasteiger partial charge in [-0.3, -0.25) is 4.79 Å². The second-order valence-electron chi connectivity index (χ2n) is 7.02. The normalized spacial score (nSPS) is 17.0. The van der Waals surface area contributed by atoms with Crippen molar-refractivity contribution < 1.29 is 14.1 Å². The Balaban J connectivity index is 1.41. The quantitative estimate of drug-likeness (QED) is 0.536. The van der Waals surface area contributed by atoms with Crippen molar-refractivity contribution >= 4 is 11.4 Å². The van der Waals surface area contributed by atoms with Crippen LogP contribution in [0, 0.1) is 6.92 Å². The van der Waals surface area contributed by atoms with Crippen molar-refractivity contribution in [2.75, 3.05) is 19.7 Å². The van der Waals surface area contributed by atoms with Crippen molar-refractivity contribution in [3.63, 3.8) is 0 Å². The number of hydrogen-bond acceptors (Lipinski definition) is 6. The van der Waals surface area contributed by atoms with Gasteiger partial charge in [-0.15, -0.1) is 5.10 Å². The maximum Gasteiger partial charge on any atom is 0.276 e. The van der Waals surface area contributed by atoms with Crippen LogP contribution in [0.1, 0.15) is 28.0 Å². The van der Waals surface area contributed by atoms with Crippen LogP contribution in [-0.2, 0) is 4.74 Å². The first kappa shape index (κ1) is 17.6. The molecule has 0 radical (unpaired) electrons. The fourth-order valence-electron chi connectivity index (χ4n) is 3.57. The average Bonchev–Trinajstić information content (AvgIpc) is 3.39. The zero-order valence-electron chi connectivity index (χ0n) is 15.9. The van der Waals surface area contributed by atoms with Gasteiger partial charge in [-0.05, 0) is 18.6 Å². The lowest BCUT2D eigenvalue weighted by Gasteiger charge is -2.31. The number of benzene rings is 1. The number of rotatable bonds is 3. The molecule has 0 aliphatic carbocycles. The van der Waals surface area contributed by atoms with Crippen LogP contribution in [0.4, 0.5) is 0 Å². The van der Waals surface area contributed by atoms with Crippen molar-refractivity contribution in [2.45, 2.75) is 13.0 Å². The summed E-state index contributed by atoms with van der Waals surface area (Å²) in [5.74, 6) is 0.440. The fourth-order valence-corrected chi connectivity index (χ4v) is 3.57. The molecule has 0 saturated carbocycles. The number of aryl methyl sites for hydroxylation is 1. The molecule has 5 rings (SSSR count). The van der Waals surface area contributed by atoms with E-state index in [4.69, 9.17) is 9.26 Å². The summed E-state index contributed by atoms with van der Waals surface area (Å²) in [6.07, 6.45) is 1.60. The predicted molar refractivity (Wildman–Crippen MR) is 104 cm³/mol. The fraction of sp³-hybridized carbons (Fsp3) is 0.238. The number of ether oxygens (including phenoxy) is 1. The molecule has 0 spiro atoms. The molecule has 1 aliphatic heterocycles. The van der Waals surface area contributed by atoms with E-state index in [-0.39, 0.29) is 12.0 Å². The van der Waals surface area contributed by atoms with Gasteiger partial charge in [-0.25, -0.2) is 4.52 Å². The third-order valence-electron chi connectivity index (χ3n) is 5.05. The summed E-state index contributed by atoms with van der Waals surface area (Å²) in [7, 11) is 0. The standard InChI is InChI=1S/C21H19N5O3/c1-14-11-17(23-29-14)21(27)25-9-10-28-19(13-25)20-18-8-7-16(12-26(18)24-22-20)15-5-3-2-4-6-15/h2-8,11-12,19H,9-10,13H2,1H3/t19-/m1/s1. The van der Waals surface area contributed by atoms with E-state index in [1.54, 1.807) is 22.4 Å². The molecule has 1 fully saturated rings. The Kier molecular flexibility index (Phi) is 4.33. The van der Waals surface area contributed by atoms with Crippen molar-refractivity contribution in [1.82, 2.24) is 24.9 Å². The summed E-state index contributed by atoms with van der Waals surface area (Å²) >= 11 is 0. The van der Waals surface area contributed by atoms with E-state index in [0.29, 0.717) is 31.2 Å². The molecule has 4 aromatic rings. The molecule has 0 unspecified atom stereocenters. The second-order valence-corrected chi connectivity index (χ2v) is 7.02. The molecule has 4 heterocycles. The van der Waals surface area contributed by atoms with Gasteiger partial charge >= 0.3 is 0 Å². The largest absolute Gasteiger partial charge is 0.368 e. The number of fused-ring (bicyclic) bond motifs is 1. The Hall–Kier alpha value is -3.52. The highest BCUT2D eigenvalue weighted by atomic mass is 16.5. The Morgan fingerprint density at radius 3 is 2.79 bits per heavy atom. The van der Waals surface area contributed by atoms with Crippen molar-refractivity contribution in [1.29, 1.82) is 0 Å². The third-order valence-corrected chi connectivity index (χ3v) is 5.05. The maximum atomic E-state index is 12.7. The number of nitrogens with zero attached hydrogens (tertiary/aromatic N) is 5. The molecule has 29 heavy (non-hydrogen) atoms. The molecule has 1 amide bonds. The van der Waals surface area contributed by atoms with Gasteiger partial charge in [0.05, 0.1) is 18.7 Å². The zero-order chi connectivity index (χ0) is 19.8. The minimum atomic E-state index is -0.347. The van der Waals surface area contributed by atoms with Crippen LogP contribution >= 0.6 is 0 Å². The predicted octanol–water partition coefficient (Wildman–Crippen LogP) is 2.91. The number of aromatic nitrogens is 4. The minimum Gasteiger partial charge on any atom is -0.368 e. The minimum absolute atomic E-state index is 0.169. The zero-order valence-corrected chi connectivity index (χ0v) is 15.9. The molecule has 8 nitrogen and oxygen atoms in total. The first-order valence-electron chi connectivity index (χ1n) is 9.43. The molecule has 146 valence electrons. The van der Waals surface area contributed by atoms with Crippen LogP contribution in [0.2, 0.25) is 0 Å². The Bertz CT molecular complexity index is 1170. The number of amides is 1. The smallest absolute Gasteiger partial charge is 0.276 e.